The Bertz CT molecular complexity index is 640. The highest BCUT2D eigenvalue weighted by Crippen LogP contribution is 2.44. The number of benzene rings is 1. The van der Waals surface area contributed by atoms with Crippen LogP contribution in [0.5, 0.6) is 5.75 Å². The molecule has 3 rings (SSSR count). The van der Waals surface area contributed by atoms with E-state index in [9.17, 15) is 5.11 Å². The second-order valence-corrected chi connectivity index (χ2v) is 6.49. The Balaban J connectivity index is 1.87. The Hall–Kier alpha value is -1.52. The maximum absolute atomic E-state index is 11.0. The minimum Gasteiger partial charge on any atom is -0.490 e. The molecule has 0 radical (unpaired) electrons. The number of H-pyrrole nitrogens is 1. The molecule has 4 heteroatoms. The van der Waals surface area contributed by atoms with Crippen LogP contribution in [0.3, 0.4) is 0 Å². The van der Waals surface area contributed by atoms with Gasteiger partial charge < -0.3 is 19.7 Å². The minimum absolute atomic E-state index is 0.645. The monoisotopic (exact) mass is 316 g/mol. The van der Waals surface area contributed by atoms with Crippen LogP contribution >= 0.6 is 0 Å². The number of ether oxygens (including phenoxy) is 1. The van der Waals surface area contributed by atoms with Gasteiger partial charge in [-0.2, -0.15) is 0 Å². The maximum atomic E-state index is 11.0. The van der Waals surface area contributed by atoms with Gasteiger partial charge in [-0.05, 0) is 38.1 Å². The molecule has 0 amide bonds. The van der Waals surface area contributed by atoms with E-state index in [0.29, 0.717) is 6.61 Å². The summed E-state index contributed by atoms with van der Waals surface area (Å²) in [5.74, 6) is 0.845. The number of para-hydroxylation sites is 1. The van der Waals surface area contributed by atoms with Gasteiger partial charge in [0.25, 0.3) is 0 Å². The lowest BCUT2D eigenvalue weighted by molar-refractivity contribution is 0.0373. The third-order valence-electron chi connectivity index (χ3n) is 5.10. The SMILES string of the molecule is CCN(CC)CCOc1c(C2(O)CCCC2)[nH]c2ccccc12. The fraction of sp³-hybridized carbons (Fsp3) is 0.579. The lowest BCUT2D eigenvalue weighted by Gasteiger charge is -2.23. The number of nitrogens with one attached hydrogen (secondary N) is 1. The third-order valence-corrected chi connectivity index (χ3v) is 5.10. The lowest BCUT2D eigenvalue weighted by Crippen LogP contribution is -2.28. The molecule has 1 aromatic carbocycles. The molecule has 0 saturated heterocycles. The molecule has 1 aliphatic carbocycles. The Labute approximate surface area is 138 Å². The van der Waals surface area contributed by atoms with Crippen molar-refractivity contribution in [1.82, 2.24) is 9.88 Å². The summed E-state index contributed by atoms with van der Waals surface area (Å²) in [6.07, 6.45) is 3.77. The van der Waals surface area contributed by atoms with Gasteiger partial charge in [0.2, 0.25) is 0 Å². The van der Waals surface area contributed by atoms with E-state index in [1.54, 1.807) is 0 Å². The number of aliphatic hydroxyl groups is 1. The molecule has 1 fully saturated rings. The molecule has 4 nitrogen and oxygen atoms in total. The van der Waals surface area contributed by atoms with Crippen LogP contribution in [0, 0.1) is 0 Å². The average Bonchev–Trinajstić information content (AvgIpc) is 3.17. The topological polar surface area (TPSA) is 48.5 Å². The number of rotatable bonds is 7. The molecule has 0 spiro atoms. The van der Waals surface area contributed by atoms with Crippen LogP contribution in [-0.2, 0) is 5.60 Å². The van der Waals surface area contributed by atoms with Crippen LogP contribution in [0.25, 0.3) is 10.9 Å². The number of fused-ring (bicyclic) bond motifs is 1. The highest BCUT2D eigenvalue weighted by atomic mass is 16.5. The lowest BCUT2D eigenvalue weighted by atomic mass is 9.97. The molecule has 0 atom stereocenters. The van der Waals surface area contributed by atoms with Gasteiger partial charge in [-0.15, -0.1) is 0 Å². The Morgan fingerprint density at radius 1 is 1.17 bits per heavy atom. The number of nitrogens with zero attached hydrogens (tertiary/aromatic N) is 1. The first kappa shape index (κ1) is 16.3. The fourth-order valence-electron chi connectivity index (χ4n) is 3.62. The van der Waals surface area contributed by atoms with E-state index >= 15 is 0 Å². The molecule has 0 unspecified atom stereocenters. The predicted molar refractivity (Wildman–Crippen MR) is 93.9 cm³/mol. The van der Waals surface area contributed by atoms with Gasteiger partial charge in [-0.3, -0.25) is 0 Å². The van der Waals surface area contributed by atoms with E-state index in [1.165, 1.54) is 0 Å². The Kier molecular flexibility index (Phi) is 4.93. The largest absolute Gasteiger partial charge is 0.490 e. The van der Waals surface area contributed by atoms with Crippen molar-refractivity contribution >= 4 is 10.9 Å². The van der Waals surface area contributed by atoms with Gasteiger partial charge in [0, 0.05) is 17.4 Å². The van der Waals surface area contributed by atoms with Gasteiger partial charge in [-0.25, -0.2) is 0 Å². The first-order valence-electron chi connectivity index (χ1n) is 8.86. The summed E-state index contributed by atoms with van der Waals surface area (Å²) in [5.41, 5.74) is 1.15. The first-order valence-corrected chi connectivity index (χ1v) is 8.86. The second-order valence-electron chi connectivity index (χ2n) is 6.49. The summed E-state index contributed by atoms with van der Waals surface area (Å²) in [6.45, 7) is 7.95. The number of hydrogen-bond donors (Lipinski definition) is 2. The summed E-state index contributed by atoms with van der Waals surface area (Å²) >= 11 is 0. The molecule has 1 saturated carbocycles. The van der Waals surface area contributed by atoms with Crippen LogP contribution in [0.15, 0.2) is 24.3 Å². The summed E-state index contributed by atoms with van der Waals surface area (Å²) in [5, 5.41) is 12.1. The number of hydrogen-bond acceptors (Lipinski definition) is 3. The summed E-state index contributed by atoms with van der Waals surface area (Å²) in [4.78, 5) is 5.77. The molecule has 23 heavy (non-hydrogen) atoms. The number of likely N-dealkylation sites (N-methyl/N-ethyl adjacent to an activating group) is 1. The molecule has 1 aliphatic rings. The van der Waals surface area contributed by atoms with Crippen molar-refractivity contribution in [1.29, 1.82) is 0 Å². The van der Waals surface area contributed by atoms with Crippen molar-refractivity contribution in [3.05, 3.63) is 30.0 Å². The molecule has 2 aromatic rings. The molecule has 126 valence electrons. The standard InChI is InChI=1S/C19H28N2O2/c1-3-21(4-2)13-14-23-17-15-9-5-6-10-16(15)20-18(17)19(22)11-7-8-12-19/h5-6,9-10,20,22H,3-4,7-8,11-14H2,1-2H3. The van der Waals surface area contributed by atoms with Gasteiger partial charge in [0.05, 0.1) is 5.69 Å². The maximum Gasteiger partial charge on any atom is 0.150 e. The summed E-state index contributed by atoms with van der Waals surface area (Å²) in [7, 11) is 0. The first-order chi connectivity index (χ1) is 11.2. The van der Waals surface area contributed by atoms with Crippen LogP contribution in [0.4, 0.5) is 0 Å². The quantitative estimate of drug-likeness (QED) is 0.820. The van der Waals surface area contributed by atoms with Crippen LogP contribution in [0.1, 0.15) is 45.2 Å². The highest BCUT2D eigenvalue weighted by molar-refractivity contribution is 5.88. The van der Waals surface area contributed by atoms with E-state index in [4.69, 9.17) is 4.74 Å². The Morgan fingerprint density at radius 2 is 1.87 bits per heavy atom. The van der Waals surface area contributed by atoms with Crippen molar-refractivity contribution < 1.29 is 9.84 Å². The predicted octanol–water partition coefficient (Wildman–Crippen LogP) is 3.65. The molecule has 0 bridgehead atoms. The number of aromatic nitrogens is 1. The average molecular weight is 316 g/mol. The van der Waals surface area contributed by atoms with Crippen molar-refractivity contribution in [3.63, 3.8) is 0 Å². The van der Waals surface area contributed by atoms with Gasteiger partial charge >= 0.3 is 0 Å². The number of aromatic amines is 1. The minimum atomic E-state index is -0.760. The van der Waals surface area contributed by atoms with E-state index in [1.807, 2.05) is 18.2 Å². The third kappa shape index (κ3) is 3.24. The van der Waals surface area contributed by atoms with Crippen molar-refractivity contribution in [3.8, 4) is 5.75 Å². The van der Waals surface area contributed by atoms with Crippen molar-refractivity contribution in [2.75, 3.05) is 26.2 Å². The molecular weight excluding hydrogens is 288 g/mol. The van der Waals surface area contributed by atoms with E-state index < -0.39 is 5.60 Å². The molecule has 1 heterocycles. The zero-order valence-electron chi connectivity index (χ0n) is 14.3. The fourth-order valence-corrected chi connectivity index (χ4v) is 3.62. The normalized spacial score (nSPS) is 17.2. The van der Waals surface area contributed by atoms with E-state index in [-0.39, 0.29) is 0 Å². The van der Waals surface area contributed by atoms with Gasteiger partial charge in [-0.1, -0.05) is 38.8 Å². The zero-order chi connectivity index (χ0) is 16.3. The van der Waals surface area contributed by atoms with Crippen molar-refractivity contribution in [2.24, 2.45) is 0 Å². The van der Waals surface area contributed by atoms with Crippen LogP contribution in [0.2, 0.25) is 0 Å². The van der Waals surface area contributed by atoms with Crippen molar-refractivity contribution in [2.45, 2.75) is 45.1 Å². The molecule has 0 aliphatic heterocycles. The highest BCUT2D eigenvalue weighted by Gasteiger charge is 2.37. The van der Waals surface area contributed by atoms with Gasteiger partial charge in [0.15, 0.2) is 5.75 Å². The van der Waals surface area contributed by atoms with Crippen LogP contribution in [-0.4, -0.2) is 41.2 Å². The smallest absolute Gasteiger partial charge is 0.150 e. The van der Waals surface area contributed by atoms with Gasteiger partial charge in [0.1, 0.15) is 12.2 Å². The second kappa shape index (κ2) is 6.93. The molecular formula is C19H28N2O2. The molecule has 2 N–H and O–H groups in total. The summed E-state index contributed by atoms with van der Waals surface area (Å²) in [6, 6.07) is 8.16. The van der Waals surface area contributed by atoms with E-state index in [0.717, 1.165) is 67.7 Å². The van der Waals surface area contributed by atoms with Crippen LogP contribution < -0.4 is 4.74 Å². The zero-order valence-corrected chi connectivity index (χ0v) is 14.3. The summed E-state index contributed by atoms with van der Waals surface area (Å²) < 4.78 is 6.17. The Morgan fingerprint density at radius 3 is 2.57 bits per heavy atom. The van der Waals surface area contributed by atoms with E-state index in [2.05, 4.69) is 29.8 Å². The molecule has 1 aromatic heterocycles.